The smallest absolute Gasteiger partial charge is 0.213 e. The Kier molecular flexibility index (Phi) is 10.6. The van der Waals surface area contributed by atoms with Crippen molar-refractivity contribution < 1.29 is 14.2 Å². The molecule has 0 spiro atoms. The Bertz CT molecular complexity index is 455. The molecule has 0 radical (unpaired) electrons. The van der Waals surface area contributed by atoms with Crippen molar-refractivity contribution in [1.29, 1.82) is 0 Å². The molecule has 1 aromatic rings. The van der Waals surface area contributed by atoms with Crippen LogP contribution < -0.4 is 15.4 Å². The molecule has 0 fully saturated rings. The number of aromatic nitrogens is 1. The molecule has 7 heteroatoms. The largest absolute Gasteiger partial charge is 0.481 e. The van der Waals surface area contributed by atoms with E-state index in [1.165, 1.54) is 0 Å². The molecule has 0 saturated heterocycles. The van der Waals surface area contributed by atoms with Crippen LogP contribution in [0.3, 0.4) is 0 Å². The lowest BCUT2D eigenvalue weighted by molar-refractivity contribution is 0.0698. The number of guanidine groups is 1. The van der Waals surface area contributed by atoms with Gasteiger partial charge in [-0.1, -0.05) is 0 Å². The molecule has 1 rings (SSSR count). The number of methoxy groups -OCH3 is 2. The number of nitrogens with zero attached hydrogens (tertiary/aromatic N) is 2. The third kappa shape index (κ3) is 9.00. The normalized spacial score (nSPS) is 11.3. The van der Waals surface area contributed by atoms with Crippen molar-refractivity contribution in [2.24, 2.45) is 4.99 Å². The summed E-state index contributed by atoms with van der Waals surface area (Å²) < 4.78 is 15.5. The molecule has 0 amide bonds. The summed E-state index contributed by atoms with van der Waals surface area (Å²) in [6.07, 6.45) is 2.64. The molecule has 0 aliphatic carbocycles. The van der Waals surface area contributed by atoms with Crippen LogP contribution in [0.4, 0.5) is 0 Å². The minimum atomic E-state index is 0.568. The molecular weight excluding hydrogens is 296 g/mol. The van der Waals surface area contributed by atoms with Crippen molar-refractivity contribution in [3.8, 4) is 5.88 Å². The van der Waals surface area contributed by atoms with Crippen LogP contribution in [-0.4, -0.2) is 58.1 Å². The summed E-state index contributed by atoms with van der Waals surface area (Å²) in [7, 11) is 3.28. The summed E-state index contributed by atoms with van der Waals surface area (Å²) in [6, 6.07) is 3.82. The van der Waals surface area contributed by atoms with Gasteiger partial charge in [-0.25, -0.2) is 9.98 Å². The molecule has 130 valence electrons. The minimum absolute atomic E-state index is 0.568. The number of aliphatic imine (C=N–C) groups is 1. The lowest BCUT2D eigenvalue weighted by atomic mass is 10.3. The molecular formula is C16H28N4O3. The van der Waals surface area contributed by atoms with Crippen molar-refractivity contribution in [1.82, 2.24) is 15.6 Å². The number of nitrogens with one attached hydrogen (secondary N) is 2. The highest BCUT2D eigenvalue weighted by Gasteiger charge is 1.99. The Morgan fingerprint density at radius 2 is 2.09 bits per heavy atom. The number of rotatable bonds is 11. The predicted octanol–water partition coefficient (Wildman–Crippen LogP) is 1.20. The van der Waals surface area contributed by atoms with Crippen LogP contribution in [0.5, 0.6) is 5.88 Å². The molecule has 0 bridgehead atoms. The molecule has 0 aromatic carbocycles. The molecule has 0 unspecified atom stereocenters. The molecule has 23 heavy (non-hydrogen) atoms. The second-order valence-electron chi connectivity index (χ2n) is 4.79. The minimum Gasteiger partial charge on any atom is -0.481 e. The number of pyridine rings is 1. The van der Waals surface area contributed by atoms with Crippen molar-refractivity contribution >= 4 is 5.96 Å². The number of ether oxygens (including phenoxy) is 3. The van der Waals surface area contributed by atoms with Gasteiger partial charge >= 0.3 is 0 Å². The summed E-state index contributed by atoms with van der Waals surface area (Å²) in [4.78, 5) is 8.64. The van der Waals surface area contributed by atoms with E-state index in [2.05, 4.69) is 20.6 Å². The highest BCUT2D eigenvalue weighted by Crippen LogP contribution is 2.09. The van der Waals surface area contributed by atoms with E-state index in [1.54, 1.807) is 20.4 Å². The standard InChI is InChI=1S/C16H28N4O3/c1-4-17-16(19-7-5-9-23-11-10-21-2)20-13-14-6-8-18-15(12-14)22-3/h6,8,12H,4-5,7,9-11,13H2,1-3H3,(H2,17,19,20). The summed E-state index contributed by atoms with van der Waals surface area (Å²) in [5.74, 6) is 1.39. The zero-order valence-electron chi connectivity index (χ0n) is 14.3. The van der Waals surface area contributed by atoms with Gasteiger partial charge in [-0.05, 0) is 25.0 Å². The predicted molar refractivity (Wildman–Crippen MR) is 90.9 cm³/mol. The highest BCUT2D eigenvalue weighted by atomic mass is 16.5. The molecule has 0 aliphatic heterocycles. The van der Waals surface area contributed by atoms with Gasteiger partial charge in [0.05, 0.1) is 26.9 Å². The molecule has 1 aromatic heterocycles. The zero-order valence-corrected chi connectivity index (χ0v) is 14.3. The summed E-state index contributed by atoms with van der Waals surface area (Å²) in [6.45, 7) is 6.20. The van der Waals surface area contributed by atoms with Crippen molar-refractivity contribution in [3.05, 3.63) is 23.9 Å². The van der Waals surface area contributed by atoms with E-state index >= 15 is 0 Å². The summed E-state index contributed by atoms with van der Waals surface area (Å²) in [5.41, 5.74) is 1.05. The Morgan fingerprint density at radius 1 is 1.22 bits per heavy atom. The topological polar surface area (TPSA) is 77.0 Å². The zero-order chi connectivity index (χ0) is 16.8. The van der Waals surface area contributed by atoms with Crippen LogP contribution in [0.15, 0.2) is 23.3 Å². The first-order valence-electron chi connectivity index (χ1n) is 7.88. The Balaban J connectivity index is 2.34. The van der Waals surface area contributed by atoms with E-state index < -0.39 is 0 Å². The van der Waals surface area contributed by atoms with Gasteiger partial charge in [0.2, 0.25) is 5.88 Å². The molecule has 2 N–H and O–H groups in total. The van der Waals surface area contributed by atoms with Crippen LogP contribution in [0.2, 0.25) is 0 Å². The maximum absolute atomic E-state index is 5.42. The molecule has 1 heterocycles. The Morgan fingerprint density at radius 3 is 2.83 bits per heavy atom. The van der Waals surface area contributed by atoms with Gasteiger partial charge < -0.3 is 24.8 Å². The van der Waals surface area contributed by atoms with Crippen LogP contribution >= 0.6 is 0 Å². The second kappa shape index (κ2) is 12.7. The maximum atomic E-state index is 5.42. The van der Waals surface area contributed by atoms with Crippen molar-refractivity contribution in [2.45, 2.75) is 19.9 Å². The summed E-state index contributed by atoms with van der Waals surface area (Å²) in [5, 5.41) is 6.52. The first-order valence-corrected chi connectivity index (χ1v) is 7.88. The van der Waals surface area contributed by atoms with Gasteiger partial charge in [0.25, 0.3) is 0 Å². The maximum Gasteiger partial charge on any atom is 0.213 e. The van der Waals surface area contributed by atoms with Gasteiger partial charge in [0.15, 0.2) is 5.96 Å². The van der Waals surface area contributed by atoms with Gasteiger partial charge in [-0.3, -0.25) is 0 Å². The number of hydrogen-bond acceptors (Lipinski definition) is 5. The third-order valence-electron chi connectivity index (χ3n) is 2.96. The van der Waals surface area contributed by atoms with Gasteiger partial charge in [0.1, 0.15) is 0 Å². The fraction of sp³-hybridized carbons (Fsp3) is 0.625. The Hall–Kier alpha value is -1.86. The van der Waals surface area contributed by atoms with Crippen LogP contribution in [0.25, 0.3) is 0 Å². The van der Waals surface area contributed by atoms with E-state index in [1.807, 2.05) is 19.1 Å². The van der Waals surface area contributed by atoms with E-state index in [0.29, 0.717) is 32.2 Å². The average Bonchev–Trinajstić information content (AvgIpc) is 2.59. The highest BCUT2D eigenvalue weighted by molar-refractivity contribution is 5.79. The van der Waals surface area contributed by atoms with Crippen LogP contribution in [-0.2, 0) is 16.0 Å². The van der Waals surface area contributed by atoms with Crippen molar-refractivity contribution in [3.63, 3.8) is 0 Å². The molecule has 7 nitrogen and oxygen atoms in total. The number of hydrogen-bond donors (Lipinski definition) is 2. The van der Waals surface area contributed by atoms with E-state index in [4.69, 9.17) is 14.2 Å². The third-order valence-corrected chi connectivity index (χ3v) is 2.96. The van der Waals surface area contributed by atoms with Gasteiger partial charge in [-0.15, -0.1) is 0 Å². The second-order valence-corrected chi connectivity index (χ2v) is 4.79. The molecule has 0 saturated carbocycles. The monoisotopic (exact) mass is 324 g/mol. The SMILES string of the molecule is CCNC(=NCc1ccnc(OC)c1)NCCCOCCOC. The van der Waals surface area contributed by atoms with Crippen LogP contribution in [0, 0.1) is 0 Å². The Labute approximate surface area is 138 Å². The van der Waals surface area contributed by atoms with Crippen LogP contribution in [0.1, 0.15) is 18.9 Å². The average molecular weight is 324 g/mol. The van der Waals surface area contributed by atoms with E-state index in [9.17, 15) is 0 Å². The van der Waals surface area contributed by atoms with Crippen molar-refractivity contribution in [2.75, 3.05) is 47.1 Å². The summed E-state index contributed by atoms with van der Waals surface area (Å²) >= 11 is 0. The fourth-order valence-corrected chi connectivity index (χ4v) is 1.80. The van der Waals surface area contributed by atoms with E-state index in [-0.39, 0.29) is 0 Å². The van der Waals surface area contributed by atoms with E-state index in [0.717, 1.165) is 31.0 Å². The lowest BCUT2D eigenvalue weighted by Crippen LogP contribution is -2.38. The first kappa shape index (κ1) is 19.2. The quantitative estimate of drug-likeness (QED) is 0.362. The molecule has 0 atom stereocenters. The first-order chi connectivity index (χ1) is 11.3. The fourth-order valence-electron chi connectivity index (χ4n) is 1.80. The molecule has 0 aliphatic rings. The van der Waals surface area contributed by atoms with Gasteiger partial charge in [0, 0.05) is 39.1 Å². The van der Waals surface area contributed by atoms with Gasteiger partial charge in [-0.2, -0.15) is 0 Å². The lowest BCUT2D eigenvalue weighted by Gasteiger charge is -2.11.